The number of likely N-dealkylation sites (tertiary alicyclic amines) is 1. The van der Waals surface area contributed by atoms with Gasteiger partial charge in [-0.15, -0.1) is 0 Å². The molecule has 0 radical (unpaired) electrons. The number of hydrogen-bond acceptors (Lipinski definition) is 3. The van der Waals surface area contributed by atoms with Gasteiger partial charge in [0.2, 0.25) is 10.0 Å². The van der Waals surface area contributed by atoms with E-state index < -0.39 is 10.0 Å². The standard InChI is InChI=1S/C24H32N2O3S/c1-19(2)25(3)30(28,29)23-11-7-10-22(18-23)24(27)26-16-14-21(15-17-26)13-12-20-8-5-4-6-9-20/h4-11,18-19,21H,12-17H2,1-3H3. The highest BCUT2D eigenvalue weighted by molar-refractivity contribution is 7.89. The normalized spacial score (nSPS) is 15.7. The summed E-state index contributed by atoms with van der Waals surface area (Å²) in [5, 5.41) is 0. The Balaban J connectivity index is 1.60. The first kappa shape index (κ1) is 22.5. The average Bonchev–Trinajstić information content (AvgIpc) is 2.77. The molecule has 1 aliphatic heterocycles. The molecular weight excluding hydrogens is 396 g/mol. The van der Waals surface area contributed by atoms with Gasteiger partial charge in [-0.25, -0.2) is 8.42 Å². The van der Waals surface area contributed by atoms with Crippen LogP contribution in [0.4, 0.5) is 0 Å². The van der Waals surface area contributed by atoms with Crippen molar-refractivity contribution in [2.24, 2.45) is 5.92 Å². The summed E-state index contributed by atoms with van der Waals surface area (Å²) in [7, 11) is -2.04. The zero-order valence-corrected chi connectivity index (χ0v) is 18.9. The van der Waals surface area contributed by atoms with E-state index in [-0.39, 0.29) is 16.8 Å². The number of aryl methyl sites for hydroxylation is 1. The predicted molar refractivity (Wildman–Crippen MR) is 120 cm³/mol. The number of amides is 1. The second-order valence-electron chi connectivity index (χ2n) is 8.40. The van der Waals surface area contributed by atoms with Crippen LogP contribution in [0.25, 0.3) is 0 Å². The molecule has 30 heavy (non-hydrogen) atoms. The number of sulfonamides is 1. The molecule has 0 aliphatic carbocycles. The Hall–Kier alpha value is -2.18. The summed E-state index contributed by atoms with van der Waals surface area (Å²) in [4.78, 5) is 15.0. The van der Waals surface area contributed by atoms with E-state index in [1.54, 1.807) is 25.2 Å². The SMILES string of the molecule is CC(C)N(C)S(=O)(=O)c1cccc(C(=O)N2CCC(CCc3ccccc3)CC2)c1. The van der Waals surface area contributed by atoms with E-state index in [0.717, 1.165) is 38.8 Å². The van der Waals surface area contributed by atoms with Crippen LogP contribution >= 0.6 is 0 Å². The fourth-order valence-corrected chi connectivity index (χ4v) is 5.27. The van der Waals surface area contributed by atoms with Crippen LogP contribution < -0.4 is 0 Å². The maximum absolute atomic E-state index is 13.0. The maximum atomic E-state index is 13.0. The fraction of sp³-hybridized carbons (Fsp3) is 0.458. The van der Waals surface area contributed by atoms with Gasteiger partial charge in [0.05, 0.1) is 4.90 Å². The van der Waals surface area contributed by atoms with Gasteiger partial charge in [0.25, 0.3) is 5.91 Å². The molecule has 0 spiro atoms. The number of benzene rings is 2. The van der Waals surface area contributed by atoms with Gasteiger partial charge in [0, 0.05) is 31.7 Å². The van der Waals surface area contributed by atoms with E-state index in [1.807, 2.05) is 24.8 Å². The lowest BCUT2D eigenvalue weighted by Crippen LogP contribution is -2.38. The molecule has 0 unspecified atom stereocenters. The van der Waals surface area contributed by atoms with Gasteiger partial charge < -0.3 is 4.90 Å². The number of rotatable bonds is 7. The molecule has 1 fully saturated rings. The van der Waals surface area contributed by atoms with Gasteiger partial charge in [-0.2, -0.15) is 4.31 Å². The van der Waals surface area contributed by atoms with Crippen LogP contribution in [-0.4, -0.2) is 49.7 Å². The lowest BCUT2D eigenvalue weighted by molar-refractivity contribution is 0.0686. The molecular formula is C24H32N2O3S. The summed E-state index contributed by atoms with van der Waals surface area (Å²) in [6.45, 7) is 5.10. The van der Waals surface area contributed by atoms with Crippen LogP contribution in [-0.2, 0) is 16.4 Å². The van der Waals surface area contributed by atoms with Crippen molar-refractivity contribution in [3.63, 3.8) is 0 Å². The second kappa shape index (κ2) is 9.75. The largest absolute Gasteiger partial charge is 0.339 e. The first-order valence-electron chi connectivity index (χ1n) is 10.7. The number of hydrogen-bond donors (Lipinski definition) is 0. The first-order valence-corrected chi connectivity index (χ1v) is 12.1. The van der Waals surface area contributed by atoms with Crippen molar-refractivity contribution < 1.29 is 13.2 Å². The lowest BCUT2D eigenvalue weighted by Gasteiger charge is -2.32. The van der Waals surface area contributed by atoms with E-state index in [1.165, 1.54) is 15.9 Å². The van der Waals surface area contributed by atoms with Crippen LogP contribution in [0.15, 0.2) is 59.5 Å². The van der Waals surface area contributed by atoms with Crippen molar-refractivity contribution in [2.75, 3.05) is 20.1 Å². The van der Waals surface area contributed by atoms with Crippen LogP contribution in [0.3, 0.4) is 0 Å². The molecule has 0 N–H and O–H groups in total. The smallest absolute Gasteiger partial charge is 0.253 e. The Labute approximate surface area is 180 Å². The van der Waals surface area contributed by atoms with Gasteiger partial charge in [-0.05, 0) is 69.2 Å². The summed E-state index contributed by atoms with van der Waals surface area (Å²) in [5.74, 6) is 0.543. The topological polar surface area (TPSA) is 57.7 Å². The van der Waals surface area contributed by atoms with Crippen LogP contribution in [0.1, 0.15) is 49.0 Å². The van der Waals surface area contributed by atoms with E-state index in [9.17, 15) is 13.2 Å². The Morgan fingerprint density at radius 3 is 2.37 bits per heavy atom. The molecule has 0 aromatic heterocycles. The third-order valence-corrected chi connectivity index (χ3v) is 8.10. The summed E-state index contributed by atoms with van der Waals surface area (Å²) in [6.07, 6.45) is 4.20. The lowest BCUT2D eigenvalue weighted by atomic mass is 9.90. The Morgan fingerprint density at radius 2 is 1.73 bits per heavy atom. The third kappa shape index (κ3) is 5.29. The molecule has 1 amide bonds. The molecule has 0 saturated carbocycles. The van der Waals surface area contributed by atoms with Crippen molar-refractivity contribution in [3.05, 3.63) is 65.7 Å². The zero-order valence-electron chi connectivity index (χ0n) is 18.1. The van der Waals surface area contributed by atoms with Crippen molar-refractivity contribution in [1.29, 1.82) is 0 Å². The second-order valence-corrected chi connectivity index (χ2v) is 10.4. The van der Waals surface area contributed by atoms with Gasteiger partial charge in [-0.1, -0.05) is 36.4 Å². The molecule has 0 atom stereocenters. The quantitative estimate of drug-likeness (QED) is 0.664. The Kier molecular flexibility index (Phi) is 7.32. The van der Waals surface area contributed by atoms with E-state index in [2.05, 4.69) is 24.3 Å². The highest BCUT2D eigenvalue weighted by Gasteiger charge is 2.27. The zero-order chi connectivity index (χ0) is 21.7. The minimum absolute atomic E-state index is 0.0826. The third-order valence-electron chi connectivity index (χ3n) is 6.07. The van der Waals surface area contributed by atoms with E-state index in [4.69, 9.17) is 0 Å². The molecule has 2 aromatic carbocycles. The van der Waals surface area contributed by atoms with Crippen LogP contribution in [0.2, 0.25) is 0 Å². The molecule has 3 rings (SSSR count). The van der Waals surface area contributed by atoms with Crippen molar-refractivity contribution in [2.45, 2.75) is 50.5 Å². The number of nitrogens with zero attached hydrogens (tertiary/aromatic N) is 2. The summed E-state index contributed by atoms with van der Waals surface area (Å²) >= 11 is 0. The van der Waals surface area contributed by atoms with Gasteiger partial charge in [0.1, 0.15) is 0 Å². The fourth-order valence-electron chi connectivity index (χ4n) is 3.86. The summed E-state index contributed by atoms with van der Waals surface area (Å²) in [5.41, 5.74) is 1.80. The molecule has 0 bridgehead atoms. The minimum atomic E-state index is -3.60. The first-order chi connectivity index (χ1) is 14.3. The Morgan fingerprint density at radius 1 is 1.07 bits per heavy atom. The number of carbonyl (C=O) groups excluding carboxylic acids is 1. The summed E-state index contributed by atoms with van der Waals surface area (Å²) in [6, 6.07) is 16.8. The van der Waals surface area contributed by atoms with Crippen molar-refractivity contribution >= 4 is 15.9 Å². The molecule has 5 nitrogen and oxygen atoms in total. The van der Waals surface area contributed by atoms with Gasteiger partial charge >= 0.3 is 0 Å². The monoisotopic (exact) mass is 428 g/mol. The minimum Gasteiger partial charge on any atom is -0.339 e. The van der Waals surface area contributed by atoms with Crippen LogP contribution in [0.5, 0.6) is 0 Å². The molecule has 1 aliphatic rings. The Bertz CT molecular complexity index is 949. The van der Waals surface area contributed by atoms with Gasteiger partial charge in [0.15, 0.2) is 0 Å². The van der Waals surface area contributed by atoms with Crippen molar-refractivity contribution in [1.82, 2.24) is 9.21 Å². The van der Waals surface area contributed by atoms with E-state index >= 15 is 0 Å². The van der Waals surface area contributed by atoms with E-state index in [0.29, 0.717) is 11.5 Å². The predicted octanol–water partition coefficient (Wildman–Crippen LogP) is 4.20. The van der Waals surface area contributed by atoms with Gasteiger partial charge in [-0.3, -0.25) is 4.79 Å². The number of piperidine rings is 1. The molecule has 1 saturated heterocycles. The highest BCUT2D eigenvalue weighted by Crippen LogP contribution is 2.25. The maximum Gasteiger partial charge on any atom is 0.253 e. The van der Waals surface area contributed by atoms with Crippen molar-refractivity contribution in [3.8, 4) is 0 Å². The molecule has 6 heteroatoms. The molecule has 162 valence electrons. The van der Waals surface area contributed by atoms with Crippen LogP contribution in [0, 0.1) is 5.92 Å². The molecule has 1 heterocycles. The molecule has 2 aromatic rings. The average molecular weight is 429 g/mol. The summed E-state index contributed by atoms with van der Waals surface area (Å²) < 4.78 is 26.8. The highest BCUT2D eigenvalue weighted by atomic mass is 32.2. The number of carbonyl (C=O) groups is 1.